The molecule has 0 saturated carbocycles. The summed E-state index contributed by atoms with van der Waals surface area (Å²) < 4.78 is 1.16. The molecule has 1 atom stereocenters. The Labute approximate surface area is 154 Å². The van der Waals surface area contributed by atoms with Gasteiger partial charge in [0, 0.05) is 19.2 Å². The lowest BCUT2D eigenvalue weighted by Crippen LogP contribution is -2.33. The first kappa shape index (κ1) is 17.0. The Morgan fingerprint density at radius 1 is 1.26 bits per heavy atom. The smallest absolute Gasteiger partial charge is 0.358 e. The van der Waals surface area contributed by atoms with Crippen LogP contribution in [0.4, 0.5) is 11.6 Å². The third-order valence-corrected chi connectivity index (χ3v) is 4.64. The molecule has 0 radical (unpaired) electrons. The van der Waals surface area contributed by atoms with Crippen molar-refractivity contribution in [1.82, 2.24) is 19.5 Å². The Kier molecular flexibility index (Phi) is 4.19. The molecule has 1 N–H and O–H groups in total. The molecule has 0 aliphatic carbocycles. The molecular formula is C18H18N6O3. The Balaban J connectivity index is 1.47. The van der Waals surface area contributed by atoms with E-state index < -0.39 is 11.0 Å². The number of carbonyl (C=O) groups excluding carboxylic acids is 1. The Morgan fingerprint density at radius 3 is 2.78 bits per heavy atom. The van der Waals surface area contributed by atoms with Crippen LogP contribution in [0.25, 0.3) is 5.65 Å². The SMILES string of the molecule is Cc1ccc(CN2CCC(Nc3ccc4ncc([N+](=O)[O-])n4n3)C2=O)cc1. The topological polar surface area (TPSA) is 106 Å². The summed E-state index contributed by atoms with van der Waals surface area (Å²) in [5.41, 5.74) is 2.65. The lowest BCUT2D eigenvalue weighted by molar-refractivity contribution is -0.391. The molecule has 3 aromatic rings. The van der Waals surface area contributed by atoms with E-state index in [1.165, 1.54) is 5.56 Å². The van der Waals surface area contributed by atoms with Gasteiger partial charge in [-0.2, -0.15) is 0 Å². The molecule has 3 heterocycles. The molecule has 9 nitrogen and oxygen atoms in total. The number of hydrogen-bond donors (Lipinski definition) is 1. The van der Waals surface area contributed by atoms with Crippen molar-refractivity contribution in [3.8, 4) is 0 Å². The van der Waals surface area contributed by atoms with E-state index in [0.717, 1.165) is 16.3 Å². The van der Waals surface area contributed by atoms with Crippen LogP contribution in [-0.2, 0) is 11.3 Å². The molecule has 1 unspecified atom stereocenters. The number of rotatable bonds is 5. The van der Waals surface area contributed by atoms with E-state index in [1.54, 1.807) is 17.0 Å². The zero-order valence-corrected chi connectivity index (χ0v) is 14.7. The van der Waals surface area contributed by atoms with Crippen molar-refractivity contribution in [2.45, 2.75) is 25.9 Å². The standard InChI is InChI=1S/C18H18N6O3/c1-12-2-4-13(5-3-12)11-22-9-8-14(18(22)25)20-15-6-7-16-19-10-17(24(26)27)23(16)21-15/h2-7,10,14H,8-9,11H2,1H3,(H,20,21). The van der Waals surface area contributed by atoms with Gasteiger partial charge < -0.3 is 20.3 Å². The van der Waals surface area contributed by atoms with Crippen molar-refractivity contribution in [2.75, 3.05) is 11.9 Å². The normalized spacial score (nSPS) is 16.9. The highest BCUT2D eigenvalue weighted by Gasteiger charge is 2.32. The lowest BCUT2D eigenvalue weighted by atomic mass is 10.1. The second-order valence-electron chi connectivity index (χ2n) is 6.59. The minimum atomic E-state index is -0.541. The largest absolute Gasteiger partial charge is 0.368 e. The third-order valence-electron chi connectivity index (χ3n) is 4.64. The predicted octanol–water partition coefficient (Wildman–Crippen LogP) is 2.16. The van der Waals surface area contributed by atoms with Crippen molar-refractivity contribution >= 4 is 23.2 Å². The van der Waals surface area contributed by atoms with Crippen molar-refractivity contribution in [2.24, 2.45) is 0 Å². The first-order valence-electron chi connectivity index (χ1n) is 8.61. The number of aryl methyl sites for hydroxylation is 1. The number of nitrogens with one attached hydrogen (secondary N) is 1. The van der Waals surface area contributed by atoms with Gasteiger partial charge in [0.15, 0.2) is 5.82 Å². The fourth-order valence-electron chi connectivity index (χ4n) is 3.18. The van der Waals surface area contributed by atoms with E-state index in [-0.39, 0.29) is 11.7 Å². The lowest BCUT2D eigenvalue weighted by Gasteiger charge is -2.17. The summed E-state index contributed by atoms with van der Waals surface area (Å²) in [6, 6.07) is 11.0. The van der Waals surface area contributed by atoms with Crippen LogP contribution in [0, 0.1) is 17.0 Å². The van der Waals surface area contributed by atoms with Crippen molar-refractivity contribution in [3.63, 3.8) is 0 Å². The van der Waals surface area contributed by atoms with Gasteiger partial charge in [0.1, 0.15) is 12.2 Å². The van der Waals surface area contributed by atoms with Gasteiger partial charge in [-0.15, -0.1) is 0 Å². The Morgan fingerprint density at radius 2 is 2.04 bits per heavy atom. The van der Waals surface area contributed by atoms with Crippen LogP contribution in [0.15, 0.2) is 42.6 Å². The van der Waals surface area contributed by atoms with E-state index in [4.69, 9.17) is 0 Å². The van der Waals surface area contributed by atoms with Gasteiger partial charge in [-0.05, 0) is 29.9 Å². The summed E-state index contributed by atoms with van der Waals surface area (Å²) in [5.74, 6) is 0.184. The second kappa shape index (κ2) is 6.67. The average molecular weight is 366 g/mol. The van der Waals surface area contributed by atoms with Gasteiger partial charge in [-0.1, -0.05) is 39.4 Å². The van der Waals surface area contributed by atoms with E-state index in [2.05, 4.69) is 15.4 Å². The summed E-state index contributed by atoms with van der Waals surface area (Å²) in [4.78, 5) is 28.9. The molecule has 4 rings (SSSR count). The number of fused-ring (bicyclic) bond motifs is 1. The Bertz CT molecular complexity index is 1010. The van der Waals surface area contributed by atoms with E-state index in [9.17, 15) is 14.9 Å². The molecule has 1 amide bonds. The fourth-order valence-corrected chi connectivity index (χ4v) is 3.18. The first-order chi connectivity index (χ1) is 13.0. The molecule has 27 heavy (non-hydrogen) atoms. The number of anilines is 1. The van der Waals surface area contributed by atoms with E-state index in [0.29, 0.717) is 31.0 Å². The zero-order chi connectivity index (χ0) is 19.0. The number of imidazole rings is 1. The number of hydrogen-bond acceptors (Lipinski definition) is 6. The van der Waals surface area contributed by atoms with Crippen molar-refractivity contribution in [1.29, 1.82) is 0 Å². The summed E-state index contributed by atoms with van der Waals surface area (Å²) in [7, 11) is 0. The summed E-state index contributed by atoms with van der Waals surface area (Å²) in [6.07, 6.45) is 1.81. The minimum Gasteiger partial charge on any atom is -0.358 e. The van der Waals surface area contributed by atoms with Gasteiger partial charge in [0.25, 0.3) is 0 Å². The van der Waals surface area contributed by atoms with Gasteiger partial charge in [-0.3, -0.25) is 4.79 Å². The van der Waals surface area contributed by atoms with Crippen LogP contribution in [0.2, 0.25) is 0 Å². The van der Waals surface area contributed by atoms with Crippen molar-refractivity contribution in [3.05, 3.63) is 63.8 Å². The summed E-state index contributed by atoms with van der Waals surface area (Å²) in [5, 5.41) is 18.3. The zero-order valence-electron chi connectivity index (χ0n) is 14.7. The maximum absolute atomic E-state index is 12.7. The highest BCUT2D eigenvalue weighted by atomic mass is 16.6. The van der Waals surface area contributed by atoms with Crippen molar-refractivity contribution < 1.29 is 9.72 Å². The van der Waals surface area contributed by atoms with Crippen LogP contribution in [0.3, 0.4) is 0 Å². The molecule has 138 valence electrons. The van der Waals surface area contributed by atoms with Gasteiger partial charge in [-0.25, -0.2) is 4.98 Å². The van der Waals surface area contributed by atoms with Gasteiger partial charge >= 0.3 is 5.82 Å². The maximum atomic E-state index is 12.7. The molecule has 1 aliphatic heterocycles. The Hall–Kier alpha value is -3.49. The number of aromatic nitrogens is 3. The molecule has 0 bridgehead atoms. The van der Waals surface area contributed by atoms with Crippen LogP contribution in [0.5, 0.6) is 0 Å². The molecule has 1 aromatic carbocycles. The van der Waals surface area contributed by atoms with Crippen LogP contribution in [0.1, 0.15) is 17.5 Å². The summed E-state index contributed by atoms with van der Waals surface area (Å²) >= 11 is 0. The average Bonchev–Trinajstić information content (AvgIpc) is 3.22. The first-order valence-corrected chi connectivity index (χ1v) is 8.61. The molecule has 9 heteroatoms. The molecule has 1 fully saturated rings. The number of nitro groups is 1. The molecular weight excluding hydrogens is 348 g/mol. The number of carbonyl (C=O) groups is 1. The molecule has 1 saturated heterocycles. The second-order valence-corrected chi connectivity index (χ2v) is 6.59. The maximum Gasteiger partial charge on any atom is 0.368 e. The molecule has 1 aliphatic rings. The third kappa shape index (κ3) is 3.31. The fraction of sp³-hybridized carbons (Fsp3) is 0.278. The van der Waals surface area contributed by atoms with Crippen LogP contribution >= 0.6 is 0 Å². The summed E-state index contributed by atoms with van der Waals surface area (Å²) in [6.45, 7) is 3.24. The minimum absolute atomic E-state index is 0.00222. The highest BCUT2D eigenvalue weighted by molar-refractivity contribution is 5.86. The predicted molar refractivity (Wildman–Crippen MR) is 98.3 cm³/mol. The van der Waals surface area contributed by atoms with E-state index >= 15 is 0 Å². The van der Waals surface area contributed by atoms with Gasteiger partial charge in [0.05, 0.1) is 0 Å². The monoisotopic (exact) mass is 366 g/mol. The van der Waals surface area contributed by atoms with Gasteiger partial charge in [0.2, 0.25) is 11.6 Å². The van der Waals surface area contributed by atoms with Crippen LogP contribution < -0.4 is 5.32 Å². The number of nitrogens with zero attached hydrogens (tertiary/aromatic N) is 5. The number of amides is 1. The number of benzene rings is 1. The van der Waals surface area contributed by atoms with E-state index in [1.807, 2.05) is 31.2 Å². The number of likely N-dealkylation sites (tertiary alicyclic amines) is 1. The highest BCUT2D eigenvalue weighted by Crippen LogP contribution is 2.20. The van der Waals surface area contributed by atoms with Crippen LogP contribution in [-0.4, -0.2) is 42.9 Å². The quantitative estimate of drug-likeness (QED) is 0.548. The molecule has 2 aromatic heterocycles. The molecule has 0 spiro atoms.